The zero-order valence-corrected chi connectivity index (χ0v) is 14.6. The summed E-state index contributed by atoms with van der Waals surface area (Å²) in [5.74, 6) is -0.804. The third-order valence-electron chi connectivity index (χ3n) is 4.30. The van der Waals surface area contributed by atoms with Crippen LogP contribution in [0, 0.1) is 6.92 Å². The number of amides is 3. The molecule has 6 nitrogen and oxygen atoms in total. The van der Waals surface area contributed by atoms with E-state index in [1.54, 1.807) is 6.07 Å². The number of hydrogen-bond donors (Lipinski definition) is 2. The lowest BCUT2D eigenvalue weighted by Gasteiger charge is -2.32. The topological polar surface area (TPSA) is 78.5 Å². The van der Waals surface area contributed by atoms with Gasteiger partial charge in [-0.25, -0.2) is 0 Å². The lowest BCUT2D eigenvalue weighted by molar-refractivity contribution is -0.145. The number of anilines is 1. The molecule has 6 heteroatoms. The van der Waals surface area contributed by atoms with Gasteiger partial charge in [0.25, 0.3) is 0 Å². The molecule has 0 spiro atoms. The molecule has 0 radical (unpaired) electrons. The second-order valence-electron chi connectivity index (χ2n) is 6.37. The van der Waals surface area contributed by atoms with E-state index >= 15 is 0 Å². The Hall–Kier alpha value is -3.15. The molecular formula is C20H21N3O3. The van der Waals surface area contributed by atoms with Crippen molar-refractivity contribution in [2.75, 3.05) is 11.9 Å². The molecule has 1 atom stereocenters. The van der Waals surface area contributed by atoms with Gasteiger partial charge in [-0.05, 0) is 24.1 Å². The standard InChI is InChI=1S/C20H21N3O3/c1-14-7-5-6-10-16(14)21-18(24)11-17-20(26)23(13-19(25)22-17)12-15-8-3-2-4-9-15/h2-10,17H,11-13H2,1H3,(H,21,24)(H,22,25)/t17-/m1/s1. The van der Waals surface area contributed by atoms with Crippen LogP contribution in [0.25, 0.3) is 0 Å². The van der Waals surface area contributed by atoms with Gasteiger partial charge in [-0.1, -0.05) is 48.5 Å². The van der Waals surface area contributed by atoms with Crippen LogP contribution in [0.5, 0.6) is 0 Å². The van der Waals surface area contributed by atoms with Gasteiger partial charge in [0.2, 0.25) is 17.7 Å². The Morgan fingerprint density at radius 2 is 1.81 bits per heavy atom. The van der Waals surface area contributed by atoms with E-state index in [1.807, 2.05) is 55.5 Å². The maximum absolute atomic E-state index is 12.7. The highest BCUT2D eigenvalue weighted by atomic mass is 16.2. The molecule has 26 heavy (non-hydrogen) atoms. The first-order chi connectivity index (χ1) is 12.5. The van der Waals surface area contributed by atoms with Crippen molar-refractivity contribution in [1.82, 2.24) is 10.2 Å². The number of nitrogens with zero attached hydrogens (tertiary/aromatic N) is 1. The number of nitrogens with one attached hydrogen (secondary N) is 2. The maximum atomic E-state index is 12.7. The summed E-state index contributed by atoms with van der Waals surface area (Å²) in [6.07, 6.45) is -0.0931. The molecule has 1 saturated heterocycles. The Labute approximate surface area is 152 Å². The first-order valence-electron chi connectivity index (χ1n) is 8.50. The van der Waals surface area contributed by atoms with Crippen molar-refractivity contribution >= 4 is 23.4 Å². The summed E-state index contributed by atoms with van der Waals surface area (Å²) in [6.45, 7) is 2.25. The van der Waals surface area contributed by atoms with Gasteiger partial charge in [-0.15, -0.1) is 0 Å². The van der Waals surface area contributed by atoms with E-state index in [0.717, 1.165) is 11.1 Å². The van der Waals surface area contributed by atoms with Gasteiger partial charge in [-0.3, -0.25) is 14.4 Å². The van der Waals surface area contributed by atoms with Gasteiger partial charge in [-0.2, -0.15) is 0 Å². The van der Waals surface area contributed by atoms with Crippen LogP contribution in [0.2, 0.25) is 0 Å². The van der Waals surface area contributed by atoms with Crippen LogP contribution in [0.4, 0.5) is 5.69 Å². The molecule has 2 N–H and O–H groups in total. The van der Waals surface area contributed by atoms with E-state index in [0.29, 0.717) is 12.2 Å². The fraction of sp³-hybridized carbons (Fsp3) is 0.250. The number of para-hydroxylation sites is 1. The maximum Gasteiger partial charge on any atom is 0.246 e. The Bertz CT molecular complexity index is 820. The first kappa shape index (κ1) is 17.7. The molecule has 1 aliphatic heterocycles. The smallest absolute Gasteiger partial charge is 0.246 e. The van der Waals surface area contributed by atoms with E-state index in [9.17, 15) is 14.4 Å². The molecular weight excluding hydrogens is 330 g/mol. The minimum Gasteiger partial charge on any atom is -0.342 e. The van der Waals surface area contributed by atoms with Crippen LogP contribution in [0.1, 0.15) is 17.5 Å². The van der Waals surface area contributed by atoms with Crippen LogP contribution in [-0.4, -0.2) is 35.2 Å². The zero-order chi connectivity index (χ0) is 18.5. The molecule has 0 aromatic heterocycles. The average molecular weight is 351 g/mol. The van der Waals surface area contributed by atoms with E-state index in [1.165, 1.54) is 4.90 Å². The molecule has 0 saturated carbocycles. The second-order valence-corrected chi connectivity index (χ2v) is 6.37. The van der Waals surface area contributed by atoms with E-state index < -0.39 is 6.04 Å². The Morgan fingerprint density at radius 1 is 1.12 bits per heavy atom. The third kappa shape index (κ3) is 4.27. The number of aryl methyl sites for hydroxylation is 1. The molecule has 2 aromatic rings. The molecule has 0 bridgehead atoms. The Balaban J connectivity index is 1.65. The van der Waals surface area contributed by atoms with Crippen LogP contribution >= 0.6 is 0 Å². The molecule has 1 aliphatic rings. The number of rotatable bonds is 5. The zero-order valence-electron chi connectivity index (χ0n) is 14.6. The van der Waals surface area contributed by atoms with Gasteiger partial charge >= 0.3 is 0 Å². The van der Waals surface area contributed by atoms with Gasteiger partial charge in [0.05, 0.1) is 13.0 Å². The summed E-state index contributed by atoms with van der Waals surface area (Å²) < 4.78 is 0. The quantitative estimate of drug-likeness (QED) is 0.863. The lowest BCUT2D eigenvalue weighted by atomic mass is 10.1. The van der Waals surface area contributed by atoms with E-state index in [-0.39, 0.29) is 30.7 Å². The minimum absolute atomic E-state index is 0.00361. The van der Waals surface area contributed by atoms with Crippen molar-refractivity contribution < 1.29 is 14.4 Å². The molecule has 0 aliphatic carbocycles. The highest BCUT2D eigenvalue weighted by Crippen LogP contribution is 2.15. The SMILES string of the molecule is Cc1ccccc1NC(=O)C[C@H]1NC(=O)CN(Cc2ccccc2)C1=O. The first-order valence-corrected chi connectivity index (χ1v) is 8.50. The van der Waals surface area contributed by atoms with E-state index in [4.69, 9.17) is 0 Å². The second kappa shape index (κ2) is 7.82. The Kier molecular flexibility index (Phi) is 5.31. The van der Waals surface area contributed by atoms with Crippen LogP contribution in [0.15, 0.2) is 54.6 Å². The molecule has 3 amide bonds. The fourth-order valence-electron chi connectivity index (χ4n) is 2.95. The summed E-state index contributed by atoms with van der Waals surface area (Å²) in [5.41, 5.74) is 2.58. The normalized spacial score (nSPS) is 17.0. The fourth-order valence-corrected chi connectivity index (χ4v) is 2.95. The van der Waals surface area contributed by atoms with Crippen molar-refractivity contribution in [2.45, 2.75) is 25.9 Å². The predicted molar refractivity (Wildman–Crippen MR) is 98.2 cm³/mol. The molecule has 0 unspecified atom stereocenters. The summed E-state index contributed by atoms with van der Waals surface area (Å²) in [6, 6.07) is 16.0. The van der Waals surface area contributed by atoms with Crippen molar-refractivity contribution in [2.24, 2.45) is 0 Å². The van der Waals surface area contributed by atoms with Crippen molar-refractivity contribution in [3.8, 4) is 0 Å². The predicted octanol–water partition coefficient (Wildman–Crippen LogP) is 1.85. The van der Waals surface area contributed by atoms with Gasteiger partial charge in [0, 0.05) is 12.2 Å². The van der Waals surface area contributed by atoms with Gasteiger partial charge < -0.3 is 15.5 Å². The van der Waals surface area contributed by atoms with Crippen LogP contribution in [0.3, 0.4) is 0 Å². The van der Waals surface area contributed by atoms with Crippen molar-refractivity contribution in [3.05, 3.63) is 65.7 Å². The highest BCUT2D eigenvalue weighted by molar-refractivity contribution is 6.00. The molecule has 134 valence electrons. The Morgan fingerprint density at radius 3 is 2.54 bits per heavy atom. The monoisotopic (exact) mass is 351 g/mol. The summed E-state index contributed by atoms with van der Waals surface area (Å²) in [5, 5.41) is 5.42. The molecule has 1 heterocycles. The number of benzene rings is 2. The number of piperazine rings is 1. The summed E-state index contributed by atoms with van der Waals surface area (Å²) in [4.78, 5) is 38.4. The van der Waals surface area contributed by atoms with Crippen LogP contribution in [-0.2, 0) is 20.9 Å². The van der Waals surface area contributed by atoms with Gasteiger partial charge in [0.1, 0.15) is 6.04 Å². The van der Waals surface area contributed by atoms with Gasteiger partial charge in [0.15, 0.2) is 0 Å². The molecule has 1 fully saturated rings. The molecule has 3 rings (SSSR count). The average Bonchev–Trinajstić information content (AvgIpc) is 2.62. The van der Waals surface area contributed by atoms with E-state index in [2.05, 4.69) is 10.6 Å². The van der Waals surface area contributed by atoms with Crippen LogP contribution < -0.4 is 10.6 Å². The lowest BCUT2D eigenvalue weighted by Crippen LogP contribution is -2.58. The molecule has 2 aromatic carbocycles. The summed E-state index contributed by atoms with van der Waals surface area (Å²) in [7, 11) is 0. The van der Waals surface area contributed by atoms with Crippen molar-refractivity contribution in [1.29, 1.82) is 0 Å². The van der Waals surface area contributed by atoms with Crippen molar-refractivity contribution in [3.63, 3.8) is 0 Å². The third-order valence-corrected chi connectivity index (χ3v) is 4.30. The highest BCUT2D eigenvalue weighted by Gasteiger charge is 2.34. The largest absolute Gasteiger partial charge is 0.342 e. The number of carbonyl (C=O) groups is 3. The minimum atomic E-state index is -0.844. The number of carbonyl (C=O) groups excluding carboxylic acids is 3. The summed E-state index contributed by atoms with van der Waals surface area (Å²) >= 11 is 0. The number of hydrogen-bond acceptors (Lipinski definition) is 3.